The van der Waals surface area contributed by atoms with Crippen LogP contribution in [0.3, 0.4) is 0 Å². The summed E-state index contributed by atoms with van der Waals surface area (Å²) in [6, 6.07) is 6.20. The predicted molar refractivity (Wildman–Crippen MR) is 87.6 cm³/mol. The molecular formula is C16H20ClN3. The summed E-state index contributed by atoms with van der Waals surface area (Å²) < 4.78 is 0. The molecule has 0 amide bonds. The van der Waals surface area contributed by atoms with Gasteiger partial charge >= 0.3 is 0 Å². The third-order valence-corrected chi connectivity index (χ3v) is 3.49. The van der Waals surface area contributed by atoms with E-state index in [1.807, 2.05) is 19.9 Å². The molecule has 106 valence electrons. The topological polar surface area (TPSA) is 28.0 Å². The normalized spacial score (nSPS) is 16.5. The molecule has 1 aliphatic rings. The number of aryl methyl sites for hydroxylation is 1. The Bertz CT molecular complexity index is 623. The van der Waals surface area contributed by atoms with E-state index in [2.05, 4.69) is 43.0 Å². The maximum atomic E-state index is 6.32. The molecule has 0 N–H and O–H groups in total. The fraction of sp³-hybridized carbons (Fsp3) is 0.375. The van der Waals surface area contributed by atoms with Crippen molar-refractivity contribution in [3.63, 3.8) is 0 Å². The van der Waals surface area contributed by atoms with Gasteiger partial charge in [-0.15, -0.1) is 0 Å². The average molecular weight is 290 g/mol. The van der Waals surface area contributed by atoms with Gasteiger partial charge in [0.15, 0.2) is 0 Å². The molecule has 0 saturated heterocycles. The van der Waals surface area contributed by atoms with E-state index in [0.717, 1.165) is 29.1 Å². The molecule has 0 aliphatic carbocycles. The number of hydrazone groups is 1. The first-order chi connectivity index (χ1) is 9.43. The molecule has 4 heteroatoms. The van der Waals surface area contributed by atoms with Gasteiger partial charge in [0.1, 0.15) is 0 Å². The monoisotopic (exact) mass is 289 g/mol. The van der Waals surface area contributed by atoms with Gasteiger partial charge < -0.3 is 0 Å². The van der Waals surface area contributed by atoms with E-state index in [1.54, 1.807) is 5.01 Å². The Morgan fingerprint density at radius 2 is 2.00 bits per heavy atom. The van der Waals surface area contributed by atoms with Crippen molar-refractivity contribution in [2.75, 3.05) is 0 Å². The Morgan fingerprint density at radius 1 is 1.30 bits per heavy atom. The highest BCUT2D eigenvalue weighted by Gasteiger charge is 2.25. The molecule has 2 rings (SSSR count). The van der Waals surface area contributed by atoms with Gasteiger partial charge in [-0.25, -0.2) is 10.0 Å². The number of amidine groups is 1. The van der Waals surface area contributed by atoms with Crippen molar-refractivity contribution in [1.82, 2.24) is 5.01 Å². The molecule has 0 aromatic heterocycles. The Balaban J connectivity index is 2.72. The van der Waals surface area contributed by atoms with Crippen LogP contribution in [0, 0.1) is 6.92 Å². The molecule has 0 atom stereocenters. The van der Waals surface area contributed by atoms with Crippen molar-refractivity contribution in [2.24, 2.45) is 10.1 Å². The van der Waals surface area contributed by atoms with Gasteiger partial charge in [0.25, 0.3) is 0 Å². The van der Waals surface area contributed by atoms with Crippen LogP contribution in [0.5, 0.6) is 0 Å². The molecule has 0 fully saturated rings. The van der Waals surface area contributed by atoms with Gasteiger partial charge in [-0.2, -0.15) is 5.10 Å². The van der Waals surface area contributed by atoms with E-state index in [1.165, 1.54) is 11.1 Å². The highest BCUT2D eigenvalue weighted by molar-refractivity contribution is 6.65. The summed E-state index contributed by atoms with van der Waals surface area (Å²) in [4.78, 5) is 4.46. The van der Waals surface area contributed by atoms with E-state index >= 15 is 0 Å². The van der Waals surface area contributed by atoms with Crippen LogP contribution in [-0.2, 0) is 0 Å². The summed E-state index contributed by atoms with van der Waals surface area (Å²) in [5.41, 5.74) is 6.44. The van der Waals surface area contributed by atoms with Gasteiger partial charge in [-0.1, -0.05) is 18.6 Å². The third kappa shape index (κ3) is 2.78. The first-order valence-corrected chi connectivity index (χ1v) is 7.18. The molecule has 0 bridgehead atoms. The van der Waals surface area contributed by atoms with Gasteiger partial charge in [-0.3, -0.25) is 0 Å². The minimum absolute atomic E-state index is 0.394. The molecule has 1 aromatic rings. The fourth-order valence-electron chi connectivity index (χ4n) is 2.16. The summed E-state index contributed by atoms with van der Waals surface area (Å²) in [5, 5.41) is 6.67. The summed E-state index contributed by atoms with van der Waals surface area (Å²) in [5.74, 6) is 0. The summed E-state index contributed by atoms with van der Waals surface area (Å²) in [7, 11) is 0. The van der Waals surface area contributed by atoms with Crippen LogP contribution >= 0.6 is 11.6 Å². The maximum absolute atomic E-state index is 6.32. The second-order valence-corrected chi connectivity index (χ2v) is 5.58. The largest absolute Gasteiger partial charge is 0.224 e. The number of nitrogens with zero attached hydrogens (tertiary/aromatic N) is 3. The first kappa shape index (κ1) is 14.8. The second-order valence-electron chi connectivity index (χ2n) is 5.24. The van der Waals surface area contributed by atoms with Crippen molar-refractivity contribution >= 4 is 34.0 Å². The van der Waals surface area contributed by atoms with E-state index in [9.17, 15) is 0 Å². The Kier molecular flexibility index (Phi) is 4.29. The summed E-state index contributed by atoms with van der Waals surface area (Å²) in [6.45, 7) is 10.2. The number of aliphatic imine (C=N–C) groups is 1. The van der Waals surface area contributed by atoms with Gasteiger partial charge in [0.2, 0.25) is 5.29 Å². The van der Waals surface area contributed by atoms with Crippen molar-refractivity contribution in [1.29, 1.82) is 0 Å². The number of fused-ring (bicyclic) bond motifs is 1. The van der Waals surface area contributed by atoms with Crippen molar-refractivity contribution < 1.29 is 0 Å². The van der Waals surface area contributed by atoms with Gasteiger partial charge in [-0.05, 0) is 63.4 Å². The van der Waals surface area contributed by atoms with E-state index in [-0.39, 0.29) is 0 Å². The predicted octanol–water partition coefficient (Wildman–Crippen LogP) is 5.07. The zero-order chi connectivity index (χ0) is 14.9. The molecule has 0 unspecified atom stereocenters. The summed E-state index contributed by atoms with van der Waals surface area (Å²) >= 11 is 6.32. The minimum atomic E-state index is 0.394. The number of rotatable bonds is 2. The lowest BCUT2D eigenvalue weighted by Gasteiger charge is -2.28. The lowest BCUT2D eigenvalue weighted by molar-refractivity contribution is 0.626. The molecule has 0 spiro atoms. The minimum Gasteiger partial charge on any atom is -0.218 e. The van der Waals surface area contributed by atoms with Crippen molar-refractivity contribution in [3.8, 4) is 0 Å². The fourth-order valence-corrected chi connectivity index (χ4v) is 2.37. The maximum Gasteiger partial charge on any atom is 0.224 e. The molecule has 0 radical (unpaired) electrons. The SMILES string of the molecule is CCC(C)=C1c2cc(C)ccc2N=C(Cl)N1N=C(C)C. The Hall–Kier alpha value is -1.61. The highest BCUT2D eigenvalue weighted by Crippen LogP contribution is 2.38. The Labute approximate surface area is 125 Å². The highest BCUT2D eigenvalue weighted by atomic mass is 35.5. The van der Waals surface area contributed by atoms with Crippen LogP contribution in [0.1, 0.15) is 45.2 Å². The number of hydrogen-bond acceptors (Lipinski definition) is 3. The van der Waals surface area contributed by atoms with E-state index < -0.39 is 0 Å². The standard InChI is InChI=1S/C16H20ClN3/c1-6-12(5)15-13-9-11(4)7-8-14(13)18-16(17)20(15)19-10(2)3/h7-9H,6H2,1-5H3. The zero-order valence-corrected chi connectivity index (χ0v) is 13.4. The molecule has 3 nitrogen and oxygen atoms in total. The molecule has 1 heterocycles. The molecule has 1 aliphatic heterocycles. The lowest BCUT2D eigenvalue weighted by Crippen LogP contribution is -2.25. The smallest absolute Gasteiger partial charge is 0.218 e. The quantitative estimate of drug-likeness (QED) is 0.551. The molecule has 20 heavy (non-hydrogen) atoms. The van der Waals surface area contributed by atoms with Crippen molar-refractivity contribution in [2.45, 2.75) is 41.0 Å². The van der Waals surface area contributed by atoms with E-state index in [4.69, 9.17) is 11.6 Å². The number of hydrogen-bond donors (Lipinski definition) is 0. The molecule has 1 aromatic carbocycles. The molecule has 0 saturated carbocycles. The van der Waals surface area contributed by atoms with Crippen LogP contribution in [-0.4, -0.2) is 16.0 Å². The first-order valence-electron chi connectivity index (χ1n) is 6.81. The number of halogens is 1. The second kappa shape index (κ2) is 5.80. The number of allylic oxidation sites excluding steroid dienone is 1. The van der Waals surface area contributed by atoms with E-state index in [0.29, 0.717) is 5.29 Å². The Morgan fingerprint density at radius 3 is 2.60 bits per heavy atom. The van der Waals surface area contributed by atoms with Crippen LogP contribution in [0.15, 0.2) is 33.9 Å². The lowest BCUT2D eigenvalue weighted by atomic mass is 10.0. The van der Waals surface area contributed by atoms with Crippen molar-refractivity contribution in [3.05, 3.63) is 34.9 Å². The number of benzene rings is 1. The van der Waals surface area contributed by atoms with Crippen LogP contribution < -0.4 is 0 Å². The zero-order valence-electron chi connectivity index (χ0n) is 12.7. The summed E-state index contributed by atoms with van der Waals surface area (Å²) in [6.07, 6.45) is 0.946. The van der Waals surface area contributed by atoms with Gasteiger partial charge in [0, 0.05) is 11.3 Å². The average Bonchev–Trinajstić information content (AvgIpc) is 2.39. The van der Waals surface area contributed by atoms with Crippen LogP contribution in [0.4, 0.5) is 5.69 Å². The van der Waals surface area contributed by atoms with Crippen LogP contribution in [0.25, 0.3) is 5.70 Å². The van der Waals surface area contributed by atoms with Gasteiger partial charge in [0.05, 0.1) is 11.4 Å². The third-order valence-electron chi connectivity index (χ3n) is 3.24. The molecular weight excluding hydrogens is 270 g/mol. The van der Waals surface area contributed by atoms with Crippen LogP contribution in [0.2, 0.25) is 0 Å².